The van der Waals surface area contributed by atoms with Crippen LogP contribution in [-0.4, -0.2) is 35.5 Å². The van der Waals surface area contributed by atoms with E-state index in [1.165, 1.54) is 19.3 Å². The maximum atomic E-state index is 13.0. The van der Waals surface area contributed by atoms with Gasteiger partial charge in [-0.25, -0.2) is 0 Å². The highest BCUT2D eigenvalue weighted by Crippen LogP contribution is 2.63. The number of aliphatic hydroxyl groups is 2. The highest BCUT2D eigenvalue weighted by molar-refractivity contribution is 5.77. The first-order valence-electron chi connectivity index (χ1n) is 10.9. The second kappa shape index (κ2) is 7.87. The molecule has 154 valence electrons. The second-order valence-corrected chi connectivity index (χ2v) is 10.1. The van der Waals surface area contributed by atoms with Crippen LogP contribution in [-0.2, 0) is 9.53 Å². The molecule has 0 amide bonds. The van der Waals surface area contributed by atoms with Crippen LogP contribution >= 0.6 is 0 Å². The molecule has 4 heteroatoms. The third-order valence-corrected chi connectivity index (χ3v) is 8.10. The van der Waals surface area contributed by atoms with Crippen LogP contribution in [0.25, 0.3) is 0 Å². The maximum Gasteiger partial charge on any atom is 0.312 e. The van der Waals surface area contributed by atoms with E-state index in [4.69, 9.17) is 9.84 Å². The van der Waals surface area contributed by atoms with Crippen molar-refractivity contribution in [2.75, 3.05) is 13.2 Å². The minimum Gasteiger partial charge on any atom is -0.462 e. The van der Waals surface area contributed by atoms with E-state index in [2.05, 4.69) is 33.8 Å². The van der Waals surface area contributed by atoms with Crippen molar-refractivity contribution in [3.8, 4) is 0 Å². The first kappa shape index (κ1) is 20.9. The number of hydrogen-bond acceptors (Lipinski definition) is 4. The lowest BCUT2D eigenvalue weighted by Crippen LogP contribution is -2.54. The van der Waals surface area contributed by atoms with Crippen molar-refractivity contribution < 1.29 is 19.7 Å². The lowest BCUT2D eigenvalue weighted by Gasteiger charge is -2.58. The molecule has 0 aromatic carbocycles. The molecule has 0 saturated heterocycles. The molecule has 3 aliphatic carbocycles. The molecular formula is C23H38O4. The lowest BCUT2D eigenvalue weighted by molar-refractivity contribution is -0.174. The average molecular weight is 379 g/mol. The summed E-state index contributed by atoms with van der Waals surface area (Å²) in [7, 11) is 0. The molecule has 6 atom stereocenters. The van der Waals surface area contributed by atoms with Crippen LogP contribution in [0.5, 0.6) is 0 Å². The van der Waals surface area contributed by atoms with E-state index >= 15 is 0 Å². The summed E-state index contributed by atoms with van der Waals surface area (Å²) in [6.07, 6.45) is 9.36. The number of fused-ring (bicyclic) bond motifs is 3. The first-order chi connectivity index (χ1) is 12.7. The number of carbonyl (C=O) groups excluding carboxylic acids is 1. The molecule has 0 spiro atoms. The summed E-state index contributed by atoms with van der Waals surface area (Å²) in [6, 6.07) is 0. The van der Waals surface area contributed by atoms with Gasteiger partial charge in [-0.05, 0) is 74.5 Å². The Hall–Kier alpha value is -0.870. The number of esters is 1. The highest BCUT2D eigenvalue weighted by Gasteiger charge is 2.58. The Morgan fingerprint density at radius 3 is 2.67 bits per heavy atom. The van der Waals surface area contributed by atoms with Crippen molar-refractivity contribution >= 4 is 5.97 Å². The molecular weight excluding hydrogens is 340 g/mol. The van der Waals surface area contributed by atoms with Crippen LogP contribution in [0, 0.1) is 34.5 Å². The number of ether oxygens (including phenoxy) is 1. The average Bonchev–Trinajstić information content (AvgIpc) is 2.65. The quantitative estimate of drug-likeness (QED) is 0.558. The van der Waals surface area contributed by atoms with Gasteiger partial charge in [0.2, 0.25) is 0 Å². The van der Waals surface area contributed by atoms with Gasteiger partial charge in [0.1, 0.15) is 12.7 Å². The molecule has 2 saturated carbocycles. The van der Waals surface area contributed by atoms with Gasteiger partial charge in [0, 0.05) is 0 Å². The fraction of sp³-hybridized carbons (Fsp3) is 0.870. The topological polar surface area (TPSA) is 66.8 Å². The number of carbonyl (C=O) groups is 1. The van der Waals surface area contributed by atoms with Crippen molar-refractivity contribution in [3.63, 3.8) is 0 Å². The van der Waals surface area contributed by atoms with Crippen molar-refractivity contribution in [2.45, 2.75) is 78.7 Å². The SMILES string of the molecule is CC(C)C1C=C2CCC3[C@](C)(CCC[C@]3(C)C(=O)OCC(O)CO)[C@@H]2CC1. The van der Waals surface area contributed by atoms with E-state index < -0.39 is 11.5 Å². The Bertz CT molecular complexity index is 583. The third kappa shape index (κ3) is 3.72. The predicted molar refractivity (Wildman–Crippen MR) is 106 cm³/mol. The Morgan fingerprint density at radius 2 is 2.00 bits per heavy atom. The van der Waals surface area contributed by atoms with E-state index in [9.17, 15) is 9.90 Å². The smallest absolute Gasteiger partial charge is 0.312 e. The molecule has 0 aromatic heterocycles. The van der Waals surface area contributed by atoms with E-state index in [0.29, 0.717) is 23.7 Å². The van der Waals surface area contributed by atoms with Crippen molar-refractivity contribution in [3.05, 3.63) is 11.6 Å². The van der Waals surface area contributed by atoms with Crippen LogP contribution in [0.1, 0.15) is 72.6 Å². The lowest BCUT2D eigenvalue weighted by atomic mass is 9.45. The van der Waals surface area contributed by atoms with Crippen LogP contribution in [0.4, 0.5) is 0 Å². The molecule has 2 fully saturated rings. The zero-order valence-electron chi connectivity index (χ0n) is 17.5. The van der Waals surface area contributed by atoms with Gasteiger partial charge in [-0.2, -0.15) is 0 Å². The van der Waals surface area contributed by atoms with Gasteiger partial charge >= 0.3 is 5.97 Å². The summed E-state index contributed by atoms with van der Waals surface area (Å²) in [5.74, 6) is 2.15. The molecule has 3 aliphatic rings. The molecule has 4 nitrogen and oxygen atoms in total. The summed E-state index contributed by atoms with van der Waals surface area (Å²) in [5, 5.41) is 18.6. The zero-order chi connectivity index (χ0) is 19.8. The predicted octanol–water partition coefficient (Wildman–Crippen LogP) is 4.10. The number of allylic oxidation sites excluding steroid dienone is 2. The summed E-state index contributed by atoms with van der Waals surface area (Å²) in [6.45, 7) is 8.65. The van der Waals surface area contributed by atoms with Crippen molar-refractivity contribution in [1.29, 1.82) is 0 Å². The second-order valence-electron chi connectivity index (χ2n) is 10.1. The normalized spacial score (nSPS) is 40.0. The molecule has 3 rings (SSSR count). The Morgan fingerprint density at radius 1 is 1.26 bits per heavy atom. The Labute approximate surface area is 164 Å². The fourth-order valence-electron chi connectivity index (χ4n) is 6.48. The summed E-state index contributed by atoms with van der Waals surface area (Å²) in [4.78, 5) is 13.0. The van der Waals surface area contributed by atoms with Gasteiger partial charge in [0.25, 0.3) is 0 Å². The number of aliphatic hydroxyl groups excluding tert-OH is 2. The third-order valence-electron chi connectivity index (χ3n) is 8.10. The summed E-state index contributed by atoms with van der Waals surface area (Å²) >= 11 is 0. The molecule has 2 N–H and O–H groups in total. The molecule has 0 aliphatic heterocycles. The fourth-order valence-corrected chi connectivity index (χ4v) is 6.48. The first-order valence-corrected chi connectivity index (χ1v) is 10.9. The maximum absolute atomic E-state index is 13.0. The van der Waals surface area contributed by atoms with Crippen molar-refractivity contribution in [1.82, 2.24) is 0 Å². The Balaban J connectivity index is 1.81. The largest absolute Gasteiger partial charge is 0.462 e. The van der Waals surface area contributed by atoms with Crippen LogP contribution in [0.15, 0.2) is 11.6 Å². The van der Waals surface area contributed by atoms with E-state index in [1.54, 1.807) is 5.57 Å². The van der Waals surface area contributed by atoms with Gasteiger partial charge in [0.15, 0.2) is 0 Å². The summed E-state index contributed by atoms with van der Waals surface area (Å²) in [5.41, 5.74) is 1.32. The monoisotopic (exact) mass is 378 g/mol. The van der Waals surface area contributed by atoms with Gasteiger partial charge in [0.05, 0.1) is 12.0 Å². The molecule has 27 heavy (non-hydrogen) atoms. The van der Waals surface area contributed by atoms with E-state index in [1.807, 2.05) is 0 Å². The Kier molecular flexibility index (Phi) is 6.08. The standard InChI is InChI=1S/C23H38O4/c1-15(2)16-6-8-19-17(12-16)7-9-20-22(19,3)10-5-11-23(20,4)21(26)27-14-18(25)13-24/h12,15-16,18-20,24-25H,5-11,13-14H2,1-4H3/t16?,18?,19-,20?,22-,23+/m1/s1. The number of rotatable bonds is 5. The minimum atomic E-state index is -0.986. The minimum absolute atomic E-state index is 0.112. The highest BCUT2D eigenvalue weighted by atomic mass is 16.5. The van der Waals surface area contributed by atoms with Gasteiger partial charge in [-0.1, -0.05) is 38.8 Å². The zero-order valence-corrected chi connectivity index (χ0v) is 17.5. The number of hydrogen-bond donors (Lipinski definition) is 2. The van der Waals surface area contributed by atoms with Gasteiger partial charge < -0.3 is 14.9 Å². The summed E-state index contributed by atoms with van der Waals surface area (Å²) < 4.78 is 5.45. The van der Waals surface area contributed by atoms with Crippen LogP contribution < -0.4 is 0 Å². The molecule has 3 unspecified atom stereocenters. The molecule has 0 heterocycles. The van der Waals surface area contributed by atoms with Crippen LogP contribution in [0.2, 0.25) is 0 Å². The van der Waals surface area contributed by atoms with Gasteiger partial charge in [-0.15, -0.1) is 0 Å². The molecule has 0 radical (unpaired) electrons. The molecule has 0 aromatic rings. The molecule has 0 bridgehead atoms. The van der Waals surface area contributed by atoms with E-state index in [0.717, 1.165) is 25.7 Å². The van der Waals surface area contributed by atoms with Crippen molar-refractivity contribution in [2.24, 2.45) is 34.5 Å². The van der Waals surface area contributed by atoms with Crippen LogP contribution in [0.3, 0.4) is 0 Å². The van der Waals surface area contributed by atoms with E-state index in [-0.39, 0.29) is 24.6 Å². The van der Waals surface area contributed by atoms with Gasteiger partial charge in [-0.3, -0.25) is 4.79 Å².